The van der Waals surface area contributed by atoms with Crippen LogP contribution in [0.1, 0.15) is 17.0 Å². The highest BCUT2D eigenvalue weighted by Crippen LogP contribution is 2.28. The second-order valence-electron chi connectivity index (χ2n) is 7.30. The van der Waals surface area contributed by atoms with Crippen molar-refractivity contribution in [1.29, 1.82) is 0 Å². The van der Waals surface area contributed by atoms with Crippen molar-refractivity contribution in [2.75, 3.05) is 17.1 Å². The Morgan fingerprint density at radius 3 is 2.55 bits per heavy atom. The van der Waals surface area contributed by atoms with Crippen LogP contribution in [0.2, 0.25) is 10.0 Å². The van der Waals surface area contributed by atoms with Crippen LogP contribution < -0.4 is 9.73 Å². The first-order chi connectivity index (χ1) is 15.5. The summed E-state index contributed by atoms with van der Waals surface area (Å²) in [5.74, 6) is -0.578. The number of carbonyl (C=O) groups excluding carboxylic acids is 1. The SMILES string of the molecule is Cc1cc(/C=N\NC(=O)CN(c2cccc(Br)c2)S(C)(=O)=O)c(C)n1-c1ccc(Cl)cc1Cl. The van der Waals surface area contributed by atoms with E-state index in [4.69, 9.17) is 23.2 Å². The molecule has 2 aromatic carbocycles. The Bertz CT molecular complexity index is 1340. The van der Waals surface area contributed by atoms with E-state index in [-0.39, 0.29) is 0 Å². The molecule has 0 radical (unpaired) electrons. The molecule has 3 aromatic rings. The van der Waals surface area contributed by atoms with Gasteiger partial charge in [-0.15, -0.1) is 0 Å². The van der Waals surface area contributed by atoms with E-state index in [9.17, 15) is 13.2 Å². The number of nitrogens with zero attached hydrogens (tertiary/aromatic N) is 3. The van der Waals surface area contributed by atoms with Gasteiger partial charge in [0.2, 0.25) is 10.0 Å². The molecule has 3 rings (SSSR count). The zero-order chi connectivity index (χ0) is 24.3. The van der Waals surface area contributed by atoms with Crippen LogP contribution in [0.4, 0.5) is 5.69 Å². The summed E-state index contributed by atoms with van der Waals surface area (Å²) in [6.45, 7) is 3.42. The number of hydrogen-bond acceptors (Lipinski definition) is 4. The van der Waals surface area contributed by atoms with E-state index in [0.717, 1.165) is 33.2 Å². The summed E-state index contributed by atoms with van der Waals surface area (Å²) < 4.78 is 28.1. The van der Waals surface area contributed by atoms with Gasteiger partial charge in [0.25, 0.3) is 5.91 Å². The molecule has 1 N–H and O–H groups in total. The number of anilines is 1. The third kappa shape index (κ3) is 6.17. The minimum Gasteiger partial charge on any atom is -0.316 e. The van der Waals surface area contributed by atoms with E-state index in [1.54, 1.807) is 36.4 Å². The Labute approximate surface area is 211 Å². The molecule has 1 aromatic heterocycles. The highest BCUT2D eigenvalue weighted by Gasteiger charge is 2.21. The van der Waals surface area contributed by atoms with Gasteiger partial charge in [0.1, 0.15) is 6.54 Å². The summed E-state index contributed by atoms with van der Waals surface area (Å²) in [7, 11) is -3.68. The van der Waals surface area contributed by atoms with E-state index in [2.05, 4.69) is 26.5 Å². The van der Waals surface area contributed by atoms with Crippen molar-refractivity contribution in [2.45, 2.75) is 13.8 Å². The van der Waals surface area contributed by atoms with Crippen molar-refractivity contribution >= 4 is 67.0 Å². The van der Waals surface area contributed by atoms with Crippen LogP contribution in [-0.2, 0) is 14.8 Å². The molecular weight excluding hydrogens is 551 g/mol. The van der Waals surface area contributed by atoms with E-state index in [0.29, 0.717) is 20.2 Å². The number of amides is 1. The molecular formula is C22H21BrCl2N4O3S. The second kappa shape index (κ2) is 10.3. The fourth-order valence-electron chi connectivity index (χ4n) is 3.32. The molecule has 1 amide bonds. The highest BCUT2D eigenvalue weighted by molar-refractivity contribution is 9.10. The number of carbonyl (C=O) groups is 1. The van der Waals surface area contributed by atoms with Crippen molar-refractivity contribution < 1.29 is 13.2 Å². The summed E-state index contributed by atoms with van der Waals surface area (Å²) >= 11 is 15.7. The molecule has 33 heavy (non-hydrogen) atoms. The predicted molar refractivity (Wildman–Crippen MR) is 137 cm³/mol. The molecule has 0 unspecified atom stereocenters. The quantitative estimate of drug-likeness (QED) is 0.317. The topological polar surface area (TPSA) is 83.8 Å². The van der Waals surface area contributed by atoms with Crippen molar-refractivity contribution in [1.82, 2.24) is 9.99 Å². The Morgan fingerprint density at radius 2 is 1.91 bits per heavy atom. The molecule has 0 fully saturated rings. The molecule has 0 spiro atoms. The monoisotopic (exact) mass is 570 g/mol. The van der Waals surface area contributed by atoms with Crippen LogP contribution in [0.25, 0.3) is 5.69 Å². The fourth-order valence-corrected chi connectivity index (χ4v) is 5.05. The molecule has 0 saturated heterocycles. The van der Waals surface area contributed by atoms with Crippen LogP contribution in [0.3, 0.4) is 0 Å². The van der Waals surface area contributed by atoms with Crippen LogP contribution in [-0.4, -0.2) is 37.9 Å². The van der Waals surface area contributed by atoms with Crippen LogP contribution in [0, 0.1) is 13.8 Å². The molecule has 7 nitrogen and oxygen atoms in total. The van der Waals surface area contributed by atoms with Gasteiger partial charge in [-0.2, -0.15) is 5.10 Å². The van der Waals surface area contributed by atoms with Gasteiger partial charge < -0.3 is 4.57 Å². The number of aromatic nitrogens is 1. The lowest BCUT2D eigenvalue weighted by molar-refractivity contribution is -0.119. The molecule has 11 heteroatoms. The molecule has 0 aliphatic rings. The summed E-state index contributed by atoms with van der Waals surface area (Å²) in [6.07, 6.45) is 2.55. The average Bonchev–Trinajstić information content (AvgIpc) is 2.99. The third-order valence-corrected chi connectivity index (χ3v) is 6.97. The Kier molecular flexibility index (Phi) is 7.89. The normalized spacial score (nSPS) is 11.7. The Hall–Kier alpha value is -2.33. The first-order valence-electron chi connectivity index (χ1n) is 9.67. The van der Waals surface area contributed by atoms with Crippen molar-refractivity contribution in [3.8, 4) is 5.69 Å². The smallest absolute Gasteiger partial charge is 0.260 e. The predicted octanol–water partition coefficient (Wildman–Crippen LogP) is 5.08. The van der Waals surface area contributed by atoms with Crippen molar-refractivity contribution in [3.63, 3.8) is 0 Å². The van der Waals surface area contributed by atoms with Gasteiger partial charge in [0, 0.05) is 26.4 Å². The molecule has 0 aliphatic carbocycles. The lowest BCUT2D eigenvalue weighted by atomic mass is 10.2. The average molecular weight is 572 g/mol. The van der Waals surface area contributed by atoms with Gasteiger partial charge in [-0.25, -0.2) is 13.8 Å². The number of hydrogen-bond donors (Lipinski definition) is 1. The molecule has 0 aliphatic heterocycles. The summed E-state index contributed by atoms with van der Waals surface area (Å²) in [5, 5.41) is 5.06. The van der Waals surface area contributed by atoms with E-state index in [1.165, 1.54) is 6.21 Å². The number of rotatable bonds is 7. The number of nitrogens with one attached hydrogen (secondary N) is 1. The largest absolute Gasteiger partial charge is 0.316 e. The lowest BCUT2D eigenvalue weighted by Gasteiger charge is -2.21. The molecule has 1 heterocycles. The minimum absolute atomic E-state index is 0.370. The summed E-state index contributed by atoms with van der Waals surface area (Å²) in [4.78, 5) is 12.4. The summed E-state index contributed by atoms with van der Waals surface area (Å²) in [6, 6.07) is 13.8. The number of benzene rings is 2. The first-order valence-corrected chi connectivity index (χ1v) is 13.1. The standard InChI is InChI=1S/C22H21BrCl2N4O3S/c1-14-9-16(15(2)29(14)21-8-7-18(24)11-20(21)25)12-26-27-22(30)13-28(33(3,31)32)19-6-4-5-17(23)10-19/h4-12H,13H2,1-3H3,(H,27,30)/b26-12-. The molecule has 174 valence electrons. The van der Waals surface area contributed by atoms with E-state index >= 15 is 0 Å². The van der Waals surface area contributed by atoms with Gasteiger partial charge in [0.15, 0.2) is 0 Å². The zero-order valence-electron chi connectivity index (χ0n) is 18.0. The van der Waals surface area contributed by atoms with E-state index in [1.807, 2.05) is 30.5 Å². The van der Waals surface area contributed by atoms with Crippen LogP contribution in [0.5, 0.6) is 0 Å². The fraction of sp³-hybridized carbons (Fsp3) is 0.182. The maximum atomic E-state index is 12.4. The van der Waals surface area contributed by atoms with Crippen molar-refractivity contribution in [3.05, 3.63) is 80.0 Å². The van der Waals surface area contributed by atoms with Crippen LogP contribution >= 0.6 is 39.1 Å². The summed E-state index contributed by atoms with van der Waals surface area (Å²) in [5.41, 5.74) is 6.09. The van der Waals surface area contributed by atoms with Crippen molar-refractivity contribution in [2.24, 2.45) is 5.10 Å². The highest BCUT2D eigenvalue weighted by atomic mass is 79.9. The van der Waals surface area contributed by atoms with Gasteiger partial charge in [-0.3, -0.25) is 9.10 Å². The van der Waals surface area contributed by atoms with Gasteiger partial charge in [0.05, 0.1) is 28.9 Å². The molecule has 0 atom stereocenters. The number of sulfonamides is 1. The maximum Gasteiger partial charge on any atom is 0.260 e. The van der Waals surface area contributed by atoms with Crippen LogP contribution in [0.15, 0.2) is 58.1 Å². The number of aryl methyl sites for hydroxylation is 1. The second-order valence-corrected chi connectivity index (χ2v) is 11.0. The first kappa shape index (κ1) is 25.3. The zero-order valence-corrected chi connectivity index (χ0v) is 21.9. The minimum atomic E-state index is -3.68. The van der Waals surface area contributed by atoms with Gasteiger partial charge >= 0.3 is 0 Å². The Morgan fingerprint density at radius 1 is 1.18 bits per heavy atom. The third-order valence-electron chi connectivity index (χ3n) is 4.80. The Balaban J connectivity index is 1.76. The van der Waals surface area contributed by atoms with E-state index < -0.39 is 22.5 Å². The van der Waals surface area contributed by atoms with Gasteiger partial charge in [-0.1, -0.05) is 45.2 Å². The molecule has 0 bridgehead atoms. The number of halogens is 3. The lowest BCUT2D eigenvalue weighted by Crippen LogP contribution is -2.39. The number of hydrazone groups is 1. The maximum absolute atomic E-state index is 12.4. The van der Waals surface area contributed by atoms with Gasteiger partial charge in [-0.05, 0) is 56.3 Å². The molecule has 0 saturated carbocycles.